The first kappa shape index (κ1) is 12.2. The van der Waals surface area contributed by atoms with Crippen LogP contribution in [0.4, 0.5) is 0 Å². The van der Waals surface area contributed by atoms with Crippen molar-refractivity contribution in [1.82, 2.24) is 5.32 Å². The van der Waals surface area contributed by atoms with Gasteiger partial charge in [-0.05, 0) is 42.4 Å². The molecule has 1 aliphatic rings. The Morgan fingerprint density at radius 2 is 2.00 bits per heavy atom. The molecule has 3 N–H and O–H groups in total. The van der Waals surface area contributed by atoms with E-state index in [4.69, 9.17) is 0 Å². The topological polar surface area (TPSA) is 52.5 Å². The summed E-state index contributed by atoms with van der Waals surface area (Å²) in [5.74, 6) is -0.0996. The monoisotopic (exact) mass is 235 g/mol. The minimum Gasteiger partial charge on any atom is -0.504 e. The lowest BCUT2D eigenvalue weighted by Gasteiger charge is -2.15. The van der Waals surface area contributed by atoms with E-state index in [2.05, 4.69) is 12.2 Å². The predicted molar refractivity (Wildman–Crippen MR) is 68.1 cm³/mol. The molecule has 0 spiro atoms. The van der Waals surface area contributed by atoms with Gasteiger partial charge in [0.25, 0.3) is 0 Å². The van der Waals surface area contributed by atoms with Crippen molar-refractivity contribution in [1.29, 1.82) is 0 Å². The number of phenolic OH excluding ortho intramolecular Hbond substituents is 2. The summed E-state index contributed by atoms with van der Waals surface area (Å²) in [6.45, 7) is 4.04. The summed E-state index contributed by atoms with van der Waals surface area (Å²) in [5.41, 5.74) is 1.56. The fourth-order valence-electron chi connectivity index (χ4n) is 2.37. The second kappa shape index (κ2) is 4.96. The van der Waals surface area contributed by atoms with E-state index in [9.17, 15) is 10.2 Å². The van der Waals surface area contributed by atoms with Crippen LogP contribution in [0.15, 0.2) is 18.2 Å². The highest BCUT2D eigenvalue weighted by Gasteiger charge is 2.40. The third kappa shape index (κ3) is 3.13. The van der Waals surface area contributed by atoms with Gasteiger partial charge in [-0.25, -0.2) is 0 Å². The SMILES string of the molecule is CCCC1(CNCc2ccc(O)c(O)c2)CC1. The second-order valence-electron chi connectivity index (χ2n) is 5.18. The Kier molecular flexibility index (Phi) is 3.57. The summed E-state index contributed by atoms with van der Waals surface area (Å²) in [7, 11) is 0. The molecule has 1 aromatic carbocycles. The maximum Gasteiger partial charge on any atom is 0.157 e. The fraction of sp³-hybridized carbons (Fsp3) is 0.571. The second-order valence-corrected chi connectivity index (χ2v) is 5.18. The number of rotatable bonds is 6. The molecule has 94 valence electrons. The maximum atomic E-state index is 9.38. The van der Waals surface area contributed by atoms with Crippen LogP contribution in [0.5, 0.6) is 11.5 Å². The summed E-state index contributed by atoms with van der Waals surface area (Å²) in [5, 5.41) is 22.0. The molecule has 1 fully saturated rings. The van der Waals surface area contributed by atoms with E-state index in [-0.39, 0.29) is 11.5 Å². The van der Waals surface area contributed by atoms with E-state index in [1.54, 1.807) is 6.07 Å². The van der Waals surface area contributed by atoms with Crippen molar-refractivity contribution in [3.63, 3.8) is 0 Å². The molecule has 0 amide bonds. The van der Waals surface area contributed by atoms with Gasteiger partial charge in [0.1, 0.15) is 0 Å². The molecule has 0 aromatic heterocycles. The Labute approximate surface area is 102 Å². The van der Waals surface area contributed by atoms with Crippen molar-refractivity contribution < 1.29 is 10.2 Å². The van der Waals surface area contributed by atoms with E-state index in [0.717, 1.165) is 18.7 Å². The third-order valence-electron chi connectivity index (χ3n) is 3.61. The first-order valence-corrected chi connectivity index (χ1v) is 6.37. The number of phenols is 2. The van der Waals surface area contributed by atoms with Crippen LogP contribution in [-0.2, 0) is 6.54 Å². The van der Waals surface area contributed by atoms with Crippen molar-refractivity contribution in [2.75, 3.05) is 6.54 Å². The average molecular weight is 235 g/mol. The Balaban J connectivity index is 1.80. The van der Waals surface area contributed by atoms with E-state index in [1.165, 1.54) is 31.7 Å². The lowest BCUT2D eigenvalue weighted by atomic mass is 10.0. The Hall–Kier alpha value is -1.22. The van der Waals surface area contributed by atoms with Gasteiger partial charge in [-0.1, -0.05) is 19.4 Å². The van der Waals surface area contributed by atoms with E-state index in [1.807, 2.05) is 6.07 Å². The molecule has 3 heteroatoms. The zero-order chi connectivity index (χ0) is 12.3. The van der Waals surface area contributed by atoms with Crippen molar-refractivity contribution >= 4 is 0 Å². The standard InChI is InChI=1S/C14H21NO2/c1-2-5-14(6-7-14)10-15-9-11-3-4-12(16)13(17)8-11/h3-4,8,15-17H,2,5-7,9-10H2,1H3. The first-order valence-electron chi connectivity index (χ1n) is 6.37. The van der Waals surface area contributed by atoms with Gasteiger partial charge in [0.05, 0.1) is 0 Å². The van der Waals surface area contributed by atoms with Gasteiger partial charge < -0.3 is 15.5 Å². The molecular weight excluding hydrogens is 214 g/mol. The number of nitrogens with one attached hydrogen (secondary N) is 1. The molecule has 1 saturated carbocycles. The zero-order valence-electron chi connectivity index (χ0n) is 10.4. The number of hydrogen-bond donors (Lipinski definition) is 3. The minimum absolute atomic E-state index is 0.0426. The highest BCUT2D eigenvalue weighted by atomic mass is 16.3. The third-order valence-corrected chi connectivity index (χ3v) is 3.61. The molecule has 0 atom stereocenters. The van der Waals surface area contributed by atoms with Crippen LogP contribution in [0.3, 0.4) is 0 Å². The zero-order valence-corrected chi connectivity index (χ0v) is 10.4. The molecule has 3 nitrogen and oxygen atoms in total. The summed E-state index contributed by atoms with van der Waals surface area (Å²) < 4.78 is 0. The van der Waals surface area contributed by atoms with E-state index in [0.29, 0.717) is 5.41 Å². The lowest BCUT2D eigenvalue weighted by molar-refractivity contribution is 0.401. The minimum atomic E-state index is -0.0570. The highest BCUT2D eigenvalue weighted by Crippen LogP contribution is 2.48. The summed E-state index contributed by atoms with van der Waals surface area (Å²) in [6, 6.07) is 4.98. The van der Waals surface area contributed by atoms with Crippen LogP contribution in [0.1, 0.15) is 38.2 Å². The summed E-state index contributed by atoms with van der Waals surface area (Å²) in [6.07, 6.45) is 5.24. The van der Waals surface area contributed by atoms with Crippen LogP contribution >= 0.6 is 0 Å². The van der Waals surface area contributed by atoms with Gasteiger partial charge in [-0.3, -0.25) is 0 Å². The molecule has 2 rings (SSSR count). The van der Waals surface area contributed by atoms with E-state index >= 15 is 0 Å². The molecule has 0 bridgehead atoms. The molecule has 0 heterocycles. The fourth-order valence-corrected chi connectivity index (χ4v) is 2.37. The predicted octanol–water partition coefficient (Wildman–Crippen LogP) is 2.77. The first-order chi connectivity index (χ1) is 8.15. The van der Waals surface area contributed by atoms with Crippen LogP contribution in [0, 0.1) is 5.41 Å². The van der Waals surface area contributed by atoms with Crippen molar-refractivity contribution in [3.8, 4) is 11.5 Å². The normalized spacial score (nSPS) is 17.0. The van der Waals surface area contributed by atoms with Gasteiger partial charge in [-0.2, -0.15) is 0 Å². The molecule has 0 aliphatic heterocycles. The Morgan fingerprint density at radius 3 is 2.59 bits per heavy atom. The molecule has 1 aliphatic carbocycles. The number of hydrogen-bond acceptors (Lipinski definition) is 3. The number of aromatic hydroxyl groups is 2. The van der Waals surface area contributed by atoms with Gasteiger partial charge in [0, 0.05) is 13.1 Å². The summed E-state index contributed by atoms with van der Waals surface area (Å²) in [4.78, 5) is 0. The van der Waals surface area contributed by atoms with Gasteiger partial charge in [0.2, 0.25) is 0 Å². The molecule has 0 radical (unpaired) electrons. The van der Waals surface area contributed by atoms with Crippen molar-refractivity contribution in [3.05, 3.63) is 23.8 Å². The smallest absolute Gasteiger partial charge is 0.157 e. The van der Waals surface area contributed by atoms with Crippen molar-refractivity contribution in [2.24, 2.45) is 5.41 Å². The Morgan fingerprint density at radius 1 is 1.24 bits per heavy atom. The van der Waals surface area contributed by atoms with Crippen LogP contribution in [-0.4, -0.2) is 16.8 Å². The lowest BCUT2D eigenvalue weighted by Crippen LogP contribution is -2.23. The maximum absolute atomic E-state index is 9.38. The van der Waals surface area contributed by atoms with E-state index < -0.39 is 0 Å². The molecule has 17 heavy (non-hydrogen) atoms. The summed E-state index contributed by atoms with van der Waals surface area (Å²) >= 11 is 0. The molecule has 1 aromatic rings. The van der Waals surface area contributed by atoms with Crippen molar-refractivity contribution in [2.45, 2.75) is 39.2 Å². The number of benzene rings is 1. The Bertz CT molecular complexity index is 386. The van der Waals surface area contributed by atoms with Gasteiger partial charge in [0.15, 0.2) is 11.5 Å². The van der Waals surface area contributed by atoms with Gasteiger partial charge in [-0.15, -0.1) is 0 Å². The van der Waals surface area contributed by atoms with Crippen LogP contribution in [0.2, 0.25) is 0 Å². The quantitative estimate of drug-likeness (QED) is 0.664. The largest absolute Gasteiger partial charge is 0.504 e. The molecule has 0 unspecified atom stereocenters. The van der Waals surface area contributed by atoms with Crippen LogP contribution < -0.4 is 5.32 Å². The average Bonchev–Trinajstić information content (AvgIpc) is 3.04. The molecular formula is C14H21NO2. The molecule has 0 saturated heterocycles. The van der Waals surface area contributed by atoms with Gasteiger partial charge >= 0.3 is 0 Å². The highest BCUT2D eigenvalue weighted by molar-refractivity contribution is 5.40. The van der Waals surface area contributed by atoms with Crippen LogP contribution in [0.25, 0.3) is 0 Å².